The molecule has 1 aliphatic rings. The van der Waals surface area contributed by atoms with Gasteiger partial charge in [-0.05, 0) is 31.3 Å². The first-order valence-electron chi connectivity index (χ1n) is 5.62. The summed E-state index contributed by atoms with van der Waals surface area (Å²) in [5, 5.41) is 0. The van der Waals surface area contributed by atoms with E-state index in [0.717, 1.165) is 18.4 Å². The summed E-state index contributed by atoms with van der Waals surface area (Å²) in [6, 6.07) is 0. The molecule has 1 atom stereocenters. The Kier molecular flexibility index (Phi) is 5.14. The van der Waals surface area contributed by atoms with Crippen LogP contribution in [0.4, 0.5) is 0 Å². The zero-order valence-corrected chi connectivity index (χ0v) is 10.4. The average molecular weight is 195 g/mol. The molecule has 1 rings (SSSR count). The largest absolute Gasteiger partial charge is 0.322 e. The summed E-state index contributed by atoms with van der Waals surface area (Å²) in [5.41, 5.74) is 8.44. The molecule has 0 radical (unpaired) electrons. The average Bonchev–Trinajstić information content (AvgIpc) is 2.13. The Morgan fingerprint density at radius 3 is 2.29 bits per heavy atom. The maximum atomic E-state index is 6.04. The number of hydrogen-bond acceptors (Lipinski definition) is 1. The van der Waals surface area contributed by atoms with Gasteiger partial charge in [-0.1, -0.05) is 45.9 Å². The molecule has 1 nitrogen and oxygen atoms in total. The molecule has 0 saturated carbocycles. The molecule has 0 aromatic heterocycles. The van der Waals surface area contributed by atoms with Gasteiger partial charge in [0.25, 0.3) is 0 Å². The zero-order chi connectivity index (χ0) is 11.4. The lowest BCUT2D eigenvalue weighted by atomic mass is 9.79. The molecule has 1 unspecified atom stereocenters. The van der Waals surface area contributed by atoms with E-state index in [0.29, 0.717) is 5.92 Å². The molecular formula is C13H25N. The Morgan fingerprint density at radius 1 is 1.43 bits per heavy atom. The van der Waals surface area contributed by atoms with Crippen LogP contribution in [0, 0.1) is 5.92 Å². The van der Waals surface area contributed by atoms with Crippen molar-refractivity contribution in [1.29, 1.82) is 0 Å². The van der Waals surface area contributed by atoms with E-state index in [9.17, 15) is 0 Å². The quantitative estimate of drug-likeness (QED) is 0.679. The Balaban J connectivity index is 0.000000791. The number of hydrogen-bond donors (Lipinski definition) is 1. The van der Waals surface area contributed by atoms with E-state index in [1.807, 2.05) is 13.8 Å². The summed E-state index contributed by atoms with van der Waals surface area (Å²) in [6.07, 6.45) is 4.34. The summed E-state index contributed by atoms with van der Waals surface area (Å²) >= 11 is 0. The first-order valence-corrected chi connectivity index (χ1v) is 5.62. The molecule has 0 fully saturated rings. The monoisotopic (exact) mass is 195 g/mol. The molecule has 1 aliphatic carbocycles. The predicted octanol–water partition coefficient (Wildman–Crippen LogP) is 3.66. The molecule has 82 valence electrons. The fourth-order valence-corrected chi connectivity index (χ4v) is 1.48. The van der Waals surface area contributed by atoms with Crippen LogP contribution in [0.1, 0.15) is 47.5 Å². The first kappa shape index (κ1) is 13.4. The third kappa shape index (κ3) is 3.30. The van der Waals surface area contributed by atoms with Crippen LogP contribution >= 0.6 is 0 Å². The second-order valence-corrected chi connectivity index (χ2v) is 4.32. The van der Waals surface area contributed by atoms with Gasteiger partial charge in [0.1, 0.15) is 0 Å². The predicted molar refractivity (Wildman–Crippen MR) is 65.2 cm³/mol. The molecule has 0 aromatic rings. The van der Waals surface area contributed by atoms with E-state index in [-0.39, 0.29) is 5.54 Å². The van der Waals surface area contributed by atoms with Crippen molar-refractivity contribution in [3.05, 3.63) is 23.8 Å². The minimum atomic E-state index is -0.168. The van der Waals surface area contributed by atoms with E-state index < -0.39 is 0 Å². The molecule has 14 heavy (non-hydrogen) atoms. The van der Waals surface area contributed by atoms with Crippen LogP contribution in [0.2, 0.25) is 0 Å². The van der Waals surface area contributed by atoms with Gasteiger partial charge < -0.3 is 5.73 Å². The van der Waals surface area contributed by atoms with Crippen molar-refractivity contribution in [3.63, 3.8) is 0 Å². The van der Waals surface area contributed by atoms with Crippen LogP contribution in [-0.2, 0) is 0 Å². The summed E-state index contributed by atoms with van der Waals surface area (Å²) in [4.78, 5) is 0. The Morgan fingerprint density at radius 2 is 1.93 bits per heavy atom. The van der Waals surface area contributed by atoms with E-state index >= 15 is 0 Å². The van der Waals surface area contributed by atoms with Gasteiger partial charge in [-0.15, -0.1) is 0 Å². The van der Waals surface area contributed by atoms with Gasteiger partial charge in [-0.25, -0.2) is 0 Å². The molecule has 1 heteroatoms. The van der Waals surface area contributed by atoms with Crippen molar-refractivity contribution in [2.45, 2.75) is 53.0 Å². The van der Waals surface area contributed by atoms with Crippen LogP contribution < -0.4 is 5.73 Å². The molecule has 0 heterocycles. The number of allylic oxidation sites excluding steroid dienone is 1. The highest BCUT2D eigenvalue weighted by molar-refractivity contribution is 5.34. The minimum absolute atomic E-state index is 0.168. The third-order valence-corrected chi connectivity index (χ3v) is 2.77. The molecule has 2 N–H and O–H groups in total. The molecule has 0 aromatic carbocycles. The van der Waals surface area contributed by atoms with E-state index in [4.69, 9.17) is 5.73 Å². The Bertz CT molecular complexity index is 221. The lowest BCUT2D eigenvalue weighted by Gasteiger charge is -2.32. The van der Waals surface area contributed by atoms with Crippen molar-refractivity contribution in [2.75, 3.05) is 0 Å². The first-order chi connectivity index (χ1) is 6.43. The molecule has 0 bridgehead atoms. The van der Waals surface area contributed by atoms with Crippen LogP contribution in [0.3, 0.4) is 0 Å². The van der Waals surface area contributed by atoms with Crippen molar-refractivity contribution in [2.24, 2.45) is 11.7 Å². The molecule has 0 aliphatic heterocycles. The highest BCUT2D eigenvalue weighted by atomic mass is 14.7. The van der Waals surface area contributed by atoms with Gasteiger partial charge in [0.15, 0.2) is 0 Å². The standard InChI is InChI=1S/C11H19N.C2H6/c1-8(2)10-5-6-11(4,12)9(3)7-10;1-2/h7-8H,3,5-6,12H2,1-2,4H3;1-2H3. The smallest absolute Gasteiger partial charge is 0.0378 e. The number of nitrogens with two attached hydrogens (primary N) is 1. The molecule has 0 amide bonds. The lowest BCUT2D eigenvalue weighted by molar-refractivity contribution is 0.481. The van der Waals surface area contributed by atoms with Gasteiger partial charge in [0, 0.05) is 5.54 Å². The van der Waals surface area contributed by atoms with Crippen molar-refractivity contribution in [3.8, 4) is 0 Å². The topological polar surface area (TPSA) is 26.0 Å². The van der Waals surface area contributed by atoms with Gasteiger partial charge >= 0.3 is 0 Å². The SMILES string of the molecule is C=C1C=C(C(C)C)CCC1(C)N.CC. The molecule has 0 spiro atoms. The van der Waals surface area contributed by atoms with E-state index in [1.165, 1.54) is 5.57 Å². The fraction of sp³-hybridized carbons (Fsp3) is 0.692. The second-order valence-electron chi connectivity index (χ2n) is 4.32. The summed E-state index contributed by atoms with van der Waals surface area (Å²) in [6.45, 7) is 14.5. The van der Waals surface area contributed by atoms with Crippen LogP contribution in [0.25, 0.3) is 0 Å². The lowest BCUT2D eigenvalue weighted by Crippen LogP contribution is -2.39. The molecule has 0 saturated heterocycles. The minimum Gasteiger partial charge on any atom is -0.322 e. The van der Waals surface area contributed by atoms with Gasteiger partial charge in [0.2, 0.25) is 0 Å². The van der Waals surface area contributed by atoms with Crippen LogP contribution in [-0.4, -0.2) is 5.54 Å². The van der Waals surface area contributed by atoms with Crippen molar-refractivity contribution >= 4 is 0 Å². The Hall–Kier alpha value is -0.560. The maximum Gasteiger partial charge on any atom is 0.0378 e. The third-order valence-electron chi connectivity index (χ3n) is 2.77. The van der Waals surface area contributed by atoms with Crippen molar-refractivity contribution in [1.82, 2.24) is 0 Å². The summed E-state index contributed by atoms with van der Waals surface area (Å²) < 4.78 is 0. The Labute approximate surface area is 89.1 Å². The highest BCUT2D eigenvalue weighted by Gasteiger charge is 2.26. The normalized spacial score (nSPS) is 26.8. The highest BCUT2D eigenvalue weighted by Crippen LogP contribution is 2.31. The number of rotatable bonds is 1. The van der Waals surface area contributed by atoms with E-state index in [2.05, 4.69) is 33.4 Å². The fourth-order valence-electron chi connectivity index (χ4n) is 1.48. The van der Waals surface area contributed by atoms with Gasteiger partial charge in [-0.2, -0.15) is 0 Å². The molecular weight excluding hydrogens is 170 g/mol. The van der Waals surface area contributed by atoms with E-state index in [1.54, 1.807) is 0 Å². The second kappa shape index (κ2) is 5.35. The maximum absolute atomic E-state index is 6.04. The zero-order valence-electron chi connectivity index (χ0n) is 10.4. The van der Waals surface area contributed by atoms with Crippen LogP contribution in [0.5, 0.6) is 0 Å². The summed E-state index contributed by atoms with van der Waals surface area (Å²) in [7, 11) is 0. The van der Waals surface area contributed by atoms with Crippen molar-refractivity contribution < 1.29 is 0 Å². The van der Waals surface area contributed by atoms with Crippen LogP contribution in [0.15, 0.2) is 23.8 Å². The van der Waals surface area contributed by atoms with Gasteiger partial charge in [-0.3, -0.25) is 0 Å². The summed E-state index contributed by atoms with van der Waals surface area (Å²) in [5.74, 6) is 0.637. The van der Waals surface area contributed by atoms with Gasteiger partial charge in [0.05, 0.1) is 0 Å².